The van der Waals surface area contributed by atoms with Gasteiger partial charge >= 0.3 is 5.97 Å². The van der Waals surface area contributed by atoms with E-state index in [1.807, 2.05) is 0 Å². The Morgan fingerprint density at radius 2 is 2.00 bits per heavy atom. The topological polar surface area (TPSA) is 66.8 Å². The zero-order valence-corrected chi connectivity index (χ0v) is 12.0. The van der Waals surface area contributed by atoms with Crippen LogP contribution in [0.25, 0.3) is 0 Å². The maximum Gasteiger partial charge on any atom is 0.335 e. The van der Waals surface area contributed by atoms with E-state index in [0.29, 0.717) is 6.54 Å². The maximum absolute atomic E-state index is 12.5. The summed E-state index contributed by atoms with van der Waals surface area (Å²) in [5.74, 6) is -0.818. The fourth-order valence-corrected chi connectivity index (χ4v) is 3.29. The molecule has 2 aliphatic heterocycles. The van der Waals surface area contributed by atoms with Gasteiger partial charge in [-0.2, -0.15) is 0 Å². The Morgan fingerprint density at radius 3 is 2.52 bits per heavy atom. The fourth-order valence-electron chi connectivity index (χ4n) is 3.29. The van der Waals surface area contributed by atoms with Crippen LogP contribution < -0.4 is 0 Å². The predicted octanol–water partition coefficient (Wildman–Crippen LogP) is 1.91. The molecule has 2 heterocycles. The van der Waals surface area contributed by atoms with Gasteiger partial charge in [-0.3, -0.25) is 4.79 Å². The highest BCUT2D eigenvalue weighted by Gasteiger charge is 2.45. The Bertz CT molecular complexity index is 554. The number of carbonyl (C=O) groups excluding carboxylic acids is 1. The molecule has 2 saturated heterocycles. The summed E-state index contributed by atoms with van der Waals surface area (Å²) in [5.41, 5.74) is 1.19. The number of fused-ring (bicyclic) bond motifs is 2. The Hall–Kier alpha value is -1.88. The third-order valence-electron chi connectivity index (χ3n) is 4.42. The van der Waals surface area contributed by atoms with Crippen LogP contribution in [0.1, 0.15) is 35.2 Å². The van der Waals surface area contributed by atoms with Crippen molar-refractivity contribution >= 4 is 11.9 Å². The maximum atomic E-state index is 12.5. The molecule has 0 aromatic heterocycles. The van der Waals surface area contributed by atoms with E-state index in [1.54, 1.807) is 36.2 Å². The number of carbonyl (C=O) groups is 2. The highest BCUT2D eigenvalue weighted by atomic mass is 16.5. The second-order valence-corrected chi connectivity index (χ2v) is 5.91. The van der Waals surface area contributed by atoms with E-state index in [0.717, 1.165) is 24.8 Å². The molecule has 0 radical (unpaired) electrons. The molecule has 1 aromatic rings. The predicted molar refractivity (Wildman–Crippen MR) is 75.9 cm³/mol. The van der Waals surface area contributed by atoms with Gasteiger partial charge in [-0.1, -0.05) is 12.1 Å². The first-order chi connectivity index (χ1) is 10.0. The molecular weight excluding hydrogens is 270 g/mol. The molecule has 112 valence electrons. The van der Waals surface area contributed by atoms with Gasteiger partial charge in [0, 0.05) is 13.6 Å². The van der Waals surface area contributed by atoms with E-state index in [9.17, 15) is 9.59 Å². The summed E-state index contributed by atoms with van der Waals surface area (Å²) in [5, 5.41) is 8.87. The molecule has 3 atom stereocenters. The van der Waals surface area contributed by atoms with Crippen LogP contribution in [0.15, 0.2) is 24.3 Å². The van der Waals surface area contributed by atoms with E-state index in [-0.39, 0.29) is 29.6 Å². The van der Waals surface area contributed by atoms with Crippen LogP contribution >= 0.6 is 0 Å². The van der Waals surface area contributed by atoms with Crippen molar-refractivity contribution in [1.82, 2.24) is 4.90 Å². The zero-order chi connectivity index (χ0) is 15.0. The van der Waals surface area contributed by atoms with Crippen LogP contribution in [0.2, 0.25) is 0 Å². The average molecular weight is 289 g/mol. The van der Waals surface area contributed by atoms with E-state index in [1.165, 1.54) is 0 Å². The summed E-state index contributed by atoms with van der Waals surface area (Å²) in [6.07, 6.45) is 3.27. The number of ether oxygens (including phenoxy) is 1. The van der Waals surface area contributed by atoms with Gasteiger partial charge in [0.15, 0.2) is 0 Å². The zero-order valence-electron chi connectivity index (χ0n) is 12.0. The molecule has 3 unspecified atom stereocenters. The minimum atomic E-state index is -0.940. The quantitative estimate of drug-likeness (QED) is 0.919. The molecule has 2 bridgehead atoms. The van der Waals surface area contributed by atoms with Gasteiger partial charge in [0.2, 0.25) is 5.91 Å². The van der Waals surface area contributed by atoms with E-state index in [4.69, 9.17) is 9.84 Å². The van der Waals surface area contributed by atoms with Crippen molar-refractivity contribution in [2.75, 3.05) is 7.05 Å². The number of carboxylic acids is 1. The number of nitrogens with zero attached hydrogens (tertiary/aromatic N) is 1. The number of hydrogen-bond acceptors (Lipinski definition) is 3. The van der Waals surface area contributed by atoms with Gasteiger partial charge in [0.05, 0.1) is 23.7 Å². The first-order valence-electron chi connectivity index (χ1n) is 7.27. The minimum Gasteiger partial charge on any atom is -0.478 e. The van der Waals surface area contributed by atoms with Crippen LogP contribution in [0, 0.1) is 5.92 Å². The summed E-state index contributed by atoms with van der Waals surface area (Å²) in [6, 6.07) is 6.64. The third-order valence-corrected chi connectivity index (χ3v) is 4.42. The SMILES string of the molecule is CN(Cc1ccc(C(=O)O)cc1)C(=O)C1CC2CCC1O2. The molecular formula is C16H19NO4. The Labute approximate surface area is 123 Å². The van der Waals surface area contributed by atoms with Gasteiger partial charge in [-0.15, -0.1) is 0 Å². The van der Waals surface area contributed by atoms with Crippen molar-refractivity contribution in [3.63, 3.8) is 0 Å². The lowest BCUT2D eigenvalue weighted by Crippen LogP contribution is -2.37. The lowest BCUT2D eigenvalue weighted by molar-refractivity contribution is -0.136. The number of aromatic carboxylic acids is 1. The molecule has 1 amide bonds. The lowest BCUT2D eigenvalue weighted by Gasteiger charge is -2.24. The molecule has 0 saturated carbocycles. The summed E-state index contributed by atoms with van der Waals surface area (Å²) in [6.45, 7) is 0.493. The highest BCUT2D eigenvalue weighted by Crippen LogP contribution is 2.39. The Balaban J connectivity index is 1.61. The second kappa shape index (κ2) is 5.48. The van der Waals surface area contributed by atoms with Crippen molar-refractivity contribution in [3.05, 3.63) is 35.4 Å². The molecule has 5 heteroatoms. The van der Waals surface area contributed by atoms with Gasteiger partial charge in [0.25, 0.3) is 0 Å². The molecule has 0 spiro atoms. The van der Waals surface area contributed by atoms with Crippen LogP contribution in [0.3, 0.4) is 0 Å². The number of benzene rings is 1. The molecule has 0 aliphatic carbocycles. The summed E-state index contributed by atoms with van der Waals surface area (Å²) in [4.78, 5) is 25.0. The molecule has 3 rings (SSSR count). The summed E-state index contributed by atoms with van der Waals surface area (Å²) in [7, 11) is 1.79. The first-order valence-corrected chi connectivity index (χ1v) is 7.27. The molecule has 5 nitrogen and oxygen atoms in total. The third kappa shape index (κ3) is 2.78. The van der Waals surface area contributed by atoms with Gasteiger partial charge in [0.1, 0.15) is 0 Å². The standard InChI is InChI=1S/C16H19NO4/c1-17(9-10-2-4-11(5-3-10)16(19)20)15(18)13-8-12-6-7-14(13)21-12/h2-5,12-14H,6-9H2,1H3,(H,19,20). The summed E-state index contributed by atoms with van der Waals surface area (Å²) >= 11 is 0. The normalized spacial score (nSPS) is 26.8. The average Bonchev–Trinajstić information content (AvgIpc) is 3.09. The smallest absolute Gasteiger partial charge is 0.335 e. The molecule has 1 aromatic carbocycles. The molecule has 2 aliphatic rings. The number of hydrogen-bond donors (Lipinski definition) is 1. The Kier molecular flexibility index (Phi) is 3.68. The van der Waals surface area contributed by atoms with Crippen molar-refractivity contribution in [3.8, 4) is 0 Å². The van der Waals surface area contributed by atoms with Gasteiger partial charge in [-0.25, -0.2) is 4.79 Å². The van der Waals surface area contributed by atoms with Crippen molar-refractivity contribution in [2.24, 2.45) is 5.92 Å². The number of rotatable bonds is 4. The van der Waals surface area contributed by atoms with E-state index < -0.39 is 5.97 Å². The monoisotopic (exact) mass is 289 g/mol. The lowest BCUT2D eigenvalue weighted by atomic mass is 9.88. The van der Waals surface area contributed by atoms with Crippen LogP contribution in [0.5, 0.6) is 0 Å². The largest absolute Gasteiger partial charge is 0.478 e. The molecule has 1 N–H and O–H groups in total. The Morgan fingerprint density at radius 1 is 1.29 bits per heavy atom. The fraction of sp³-hybridized carbons (Fsp3) is 0.500. The number of amides is 1. The van der Waals surface area contributed by atoms with Crippen molar-refractivity contribution in [1.29, 1.82) is 0 Å². The highest BCUT2D eigenvalue weighted by molar-refractivity contribution is 5.87. The van der Waals surface area contributed by atoms with Crippen LogP contribution in [0.4, 0.5) is 0 Å². The van der Waals surface area contributed by atoms with Crippen LogP contribution in [-0.4, -0.2) is 41.1 Å². The van der Waals surface area contributed by atoms with E-state index >= 15 is 0 Å². The second-order valence-electron chi connectivity index (χ2n) is 5.91. The first kappa shape index (κ1) is 14.1. The van der Waals surface area contributed by atoms with Gasteiger partial charge < -0.3 is 14.7 Å². The summed E-state index contributed by atoms with van der Waals surface area (Å²) < 4.78 is 5.74. The van der Waals surface area contributed by atoms with Gasteiger partial charge in [-0.05, 0) is 37.0 Å². The van der Waals surface area contributed by atoms with Crippen LogP contribution in [-0.2, 0) is 16.1 Å². The molecule has 21 heavy (non-hydrogen) atoms. The minimum absolute atomic E-state index is 0.00737. The number of carboxylic acid groups (broad SMARTS) is 1. The van der Waals surface area contributed by atoms with E-state index in [2.05, 4.69) is 0 Å². The van der Waals surface area contributed by atoms with Crippen molar-refractivity contribution < 1.29 is 19.4 Å². The molecule has 2 fully saturated rings. The van der Waals surface area contributed by atoms with Crippen molar-refractivity contribution in [2.45, 2.75) is 38.0 Å².